The van der Waals surface area contributed by atoms with E-state index in [1.54, 1.807) is 12.1 Å². The zero-order valence-corrected chi connectivity index (χ0v) is 13.6. The lowest BCUT2D eigenvalue weighted by molar-refractivity contribution is -0.118. The summed E-state index contributed by atoms with van der Waals surface area (Å²) in [4.78, 5) is 21.7. The van der Waals surface area contributed by atoms with E-state index in [0.29, 0.717) is 35.4 Å². The van der Waals surface area contributed by atoms with Gasteiger partial charge in [0.2, 0.25) is 11.9 Å². The molecule has 1 amide bonds. The van der Waals surface area contributed by atoms with E-state index in [-0.39, 0.29) is 17.6 Å². The summed E-state index contributed by atoms with van der Waals surface area (Å²) in [5.74, 6) is 0.600. The van der Waals surface area contributed by atoms with Gasteiger partial charge in [-0.3, -0.25) is 4.79 Å². The lowest BCUT2D eigenvalue weighted by Gasteiger charge is -2.17. The number of benzene rings is 1. The van der Waals surface area contributed by atoms with Crippen molar-refractivity contribution in [3.63, 3.8) is 0 Å². The lowest BCUT2D eigenvalue weighted by atomic mass is 10.1. The van der Waals surface area contributed by atoms with Crippen LogP contribution in [0.15, 0.2) is 30.5 Å². The van der Waals surface area contributed by atoms with Crippen molar-refractivity contribution in [1.29, 1.82) is 0 Å². The summed E-state index contributed by atoms with van der Waals surface area (Å²) in [6, 6.07) is 5.92. The van der Waals surface area contributed by atoms with Crippen LogP contribution in [-0.4, -0.2) is 29.0 Å². The minimum atomic E-state index is -0.312. The molecule has 0 bridgehead atoms. The van der Waals surface area contributed by atoms with Gasteiger partial charge in [-0.05, 0) is 36.6 Å². The summed E-state index contributed by atoms with van der Waals surface area (Å²) in [5.41, 5.74) is 5.93. The molecule has 8 heteroatoms. The molecule has 6 nitrogen and oxygen atoms in total. The molecule has 3 N–H and O–H groups in total. The third kappa shape index (κ3) is 3.91. The second-order valence-corrected chi connectivity index (χ2v) is 6.18. The largest absolute Gasteiger partial charge is 0.370 e. The minimum Gasteiger partial charge on any atom is -0.370 e. The molecule has 1 atom stereocenters. The predicted octanol–water partition coefficient (Wildman–Crippen LogP) is 2.71. The van der Waals surface area contributed by atoms with Gasteiger partial charge in [0.25, 0.3) is 0 Å². The fourth-order valence-corrected chi connectivity index (χ4v) is 2.87. The maximum atomic E-state index is 13.0. The van der Waals surface area contributed by atoms with Crippen molar-refractivity contribution in [3.05, 3.63) is 41.3 Å². The molecule has 0 radical (unpaired) electrons. The van der Waals surface area contributed by atoms with Crippen LogP contribution in [0.3, 0.4) is 0 Å². The molecule has 1 saturated heterocycles. The molecule has 126 valence electrons. The average Bonchev–Trinajstić information content (AvgIpc) is 2.99. The van der Waals surface area contributed by atoms with Gasteiger partial charge in [-0.2, -0.15) is 4.98 Å². The molecule has 1 aromatic carbocycles. The molecular weight excluding hydrogens is 333 g/mol. The Morgan fingerprint density at radius 2 is 2.17 bits per heavy atom. The van der Waals surface area contributed by atoms with Crippen LogP contribution in [0, 0.1) is 11.7 Å². The number of nitrogens with zero attached hydrogens (tertiary/aromatic N) is 3. The Labute approximate surface area is 143 Å². The zero-order valence-electron chi connectivity index (χ0n) is 12.9. The standard InChI is InChI=1S/C16H17ClFN5O/c17-13-8-20-16(23-6-5-10(9-23)7-14(19)24)22-15(13)21-12-3-1-11(18)2-4-12/h1-4,8,10H,5-7,9H2,(H2,19,24)(H,20,21,22). The van der Waals surface area contributed by atoms with Gasteiger partial charge in [0.15, 0.2) is 5.82 Å². The van der Waals surface area contributed by atoms with Gasteiger partial charge in [-0.25, -0.2) is 9.37 Å². The molecule has 0 aliphatic carbocycles. The predicted molar refractivity (Wildman–Crippen MR) is 90.9 cm³/mol. The van der Waals surface area contributed by atoms with E-state index in [1.165, 1.54) is 18.3 Å². The quantitative estimate of drug-likeness (QED) is 0.867. The van der Waals surface area contributed by atoms with Crippen LogP contribution in [-0.2, 0) is 4.79 Å². The van der Waals surface area contributed by atoms with Gasteiger partial charge in [0, 0.05) is 25.2 Å². The van der Waals surface area contributed by atoms with E-state index in [1.807, 2.05) is 4.90 Å². The molecule has 2 heterocycles. The van der Waals surface area contributed by atoms with E-state index in [9.17, 15) is 9.18 Å². The summed E-state index contributed by atoms with van der Waals surface area (Å²) in [7, 11) is 0. The number of aromatic nitrogens is 2. The molecule has 1 fully saturated rings. The van der Waals surface area contributed by atoms with Gasteiger partial charge < -0.3 is 16.0 Å². The molecule has 2 aromatic rings. The van der Waals surface area contributed by atoms with Gasteiger partial charge in [0.1, 0.15) is 10.8 Å². The minimum absolute atomic E-state index is 0.218. The molecular formula is C16H17ClFN5O. The van der Waals surface area contributed by atoms with Crippen LogP contribution in [0.1, 0.15) is 12.8 Å². The summed E-state index contributed by atoms with van der Waals surface area (Å²) >= 11 is 6.14. The van der Waals surface area contributed by atoms with E-state index >= 15 is 0 Å². The smallest absolute Gasteiger partial charge is 0.227 e. The second-order valence-electron chi connectivity index (χ2n) is 5.77. The number of hydrogen-bond donors (Lipinski definition) is 2. The van der Waals surface area contributed by atoms with Crippen LogP contribution in [0.25, 0.3) is 0 Å². The number of amides is 1. The van der Waals surface area contributed by atoms with Crippen molar-refractivity contribution in [2.24, 2.45) is 11.7 Å². The van der Waals surface area contributed by atoms with Gasteiger partial charge in [-0.15, -0.1) is 0 Å². The number of nitrogens with one attached hydrogen (secondary N) is 1. The Balaban J connectivity index is 1.74. The van der Waals surface area contributed by atoms with Gasteiger partial charge in [0.05, 0.1) is 6.20 Å². The Morgan fingerprint density at radius 3 is 2.88 bits per heavy atom. The van der Waals surface area contributed by atoms with Crippen LogP contribution in [0.4, 0.5) is 21.8 Å². The highest BCUT2D eigenvalue weighted by Gasteiger charge is 2.26. The number of carbonyl (C=O) groups excluding carboxylic acids is 1. The van der Waals surface area contributed by atoms with E-state index in [0.717, 1.165) is 13.0 Å². The van der Waals surface area contributed by atoms with E-state index < -0.39 is 0 Å². The number of primary amides is 1. The van der Waals surface area contributed by atoms with Gasteiger partial charge >= 0.3 is 0 Å². The number of rotatable bonds is 5. The monoisotopic (exact) mass is 349 g/mol. The van der Waals surface area contributed by atoms with Crippen molar-refractivity contribution in [1.82, 2.24) is 9.97 Å². The Kier molecular flexibility index (Phi) is 4.80. The van der Waals surface area contributed by atoms with Crippen molar-refractivity contribution in [2.75, 3.05) is 23.3 Å². The number of hydrogen-bond acceptors (Lipinski definition) is 5. The van der Waals surface area contributed by atoms with Crippen LogP contribution >= 0.6 is 11.6 Å². The summed E-state index contributed by atoms with van der Waals surface area (Å²) in [5, 5.41) is 3.43. The van der Waals surface area contributed by atoms with E-state index in [4.69, 9.17) is 17.3 Å². The van der Waals surface area contributed by atoms with E-state index in [2.05, 4.69) is 15.3 Å². The number of halogens is 2. The third-order valence-electron chi connectivity index (χ3n) is 3.90. The molecule has 1 unspecified atom stereocenters. The highest BCUT2D eigenvalue weighted by atomic mass is 35.5. The summed E-state index contributed by atoms with van der Waals surface area (Å²) < 4.78 is 13.0. The molecule has 1 aromatic heterocycles. The molecule has 24 heavy (non-hydrogen) atoms. The van der Waals surface area contributed by atoms with Crippen LogP contribution in [0.5, 0.6) is 0 Å². The lowest BCUT2D eigenvalue weighted by Crippen LogP contribution is -2.24. The first-order valence-corrected chi connectivity index (χ1v) is 7.97. The fraction of sp³-hybridized carbons (Fsp3) is 0.312. The van der Waals surface area contributed by atoms with Gasteiger partial charge in [-0.1, -0.05) is 11.6 Å². The average molecular weight is 350 g/mol. The van der Waals surface area contributed by atoms with Crippen LogP contribution < -0.4 is 16.0 Å². The first kappa shape index (κ1) is 16.4. The molecule has 1 aliphatic rings. The van der Waals surface area contributed by atoms with Crippen molar-refractivity contribution in [3.8, 4) is 0 Å². The Hall–Kier alpha value is -2.41. The third-order valence-corrected chi connectivity index (χ3v) is 4.17. The van der Waals surface area contributed by atoms with Crippen molar-refractivity contribution in [2.45, 2.75) is 12.8 Å². The highest BCUT2D eigenvalue weighted by molar-refractivity contribution is 6.32. The maximum absolute atomic E-state index is 13.0. The summed E-state index contributed by atoms with van der Waals surface area (Å²) in [6.45, 7) is 1.44. The summed E-state index contributed by atoms with van der Waals surface area (Å²) in [6.07, 6.45) is 2.76. The number of anilines is 3. The molecule has 3 rings (SSSR count). The normalized spacial score (nSPS) is 17.1. The highest BCUT2D eigenvalue weighted by Crippen LogP contribution is 2.28. The van der Waals surface area contributed by atoms with Crippen molar-refractivity contribution < 1.29 is 9.18 Å². The number of carbonyl (C=O) groups is 1. The number of nitrogens with two attached hydrogens (primary N) is 1. The fourth-order valence-electron chi connectivity index (χ4n) is 2.73. The topological polar surface area (TPSA) is 84.1 Å². The second kappa shape index (κ2) is 7.00. The van der Waals surface area contributed by atoms with Crippen LogP contribution in [0.2, 0.25) is 5.02 Å². The zero-order chi connectivity index (χ0) is 17.1. The Bertz CT molecular complexity index is 740. The molecule has 1 aliphatic heterocycles. The first-order chi connectivity index (χ1) is 11.5. The SMILES string of the molecule is NC(=O)CC1CCN(c2ncc(Cl)c(Nc3ccc(F)cc3)n2)C1. The molecule has 0 saturated carbocycles. The maximum Gasteiger partial charge on any atom is 0.227 e. The van der Waals surface area contributed by atoms with Crippen molar-refractivity contribution >= 4 is 35.0 Å². The Morgan fingerprint density at radius 1 is 1.42 bits per heavy atom. The first-order valence-electron chi connectivity index (χ1n) is 7.59. The molecule has 0 spiro atoms.